The fourth-order valence-electron chi connectivity index (χ4n) is 2.89. The molecule has 10 heteroatoms. The molecule has 0 saturated carbocycles. The van der Waals surface area contributed by atoms with E-state index in [2.05, 4.69) is 30.6 Å². The van der Waals surface area contributed by atoms with Crippen molar-refractivity contribution >= 4 is 29.2 Å². The van der Waals surface area contributed by atoms with Crippen LogP contribution in [0, 0.1) is 20.8 Å². The standard InChI is InChI=1S/C21H19ClN8O/c1-13-20(14(2)25-24-13)27-26-18-8-4-16(5-9-18)12-23-29-15(3)28-30(21(29)31)19-10-6-17(22)7-11-19/h4-12H,1-3H3,(H,24,25)/b23-12+,27-26?. The lowest BCUT2D eigenvalue weighted by Crippen LogP contribution is -2.21. The van der Waals surface area contributed by atoms with Gasteiger partial charge in [-0.25, -0.2) is 4.79 Å². The molecule has 2 aromatic heterocycles. The van der Waals surface area contributed by atoms with Crippen molar-refractivity contribution in [1.29, 1.82) is 0 Å². The Morgan fingerprint density at radius 1 is 1.00 bits per heavy atom. The number of nitrogens with zero attached hydrogens (tertiary/aromatic N) is 7. The van der Waals surface area contributed by atoms with Crippen LogP contribution in [-0.2, 0) is 0 Å². The molecular weight excluding hydrogens is 416 g/mol. The zero-order valence-electron chi connectivity index (χ0n) is 17.1. The summed E-state index contributed by atoms with van der Waals surface area (Å²) in [6, 6.07) is 14.2. The minimum atomic E-state index is -0.368. The zero-order valence-corrected chi connectivity index (χ0v) is 17.9. The maximum atomic E-state index is 12.7. The van der Waals surface area contributed by atoms with Gasteiger partial charge in [0.1, 0.15) is 5.69 Å². The normalized spacial score (nSPS) is 11.7. The monoisotopic (exact) mass is 434 g/mol. The number of azo groups is 1. The number of rotatable bonds is 5. The van der Waals surface area contributed by atoms with E-state index in [0.717, 1.165) is 22.6 Å². The minimum absolute atomic E-state index is 0.368. The summed E-state index contributed by atoms with van der Waals surface area (Å²) >= 11 is 5.91. The number of hydrogen-bond acceptors (Lipinski definition) is 6. The minimum Gasteiger partial charge on any atom is -0.280 e. The summed E-state index contributed by atoms with van der Waals surface area (Å²) < 4.78 is 2.53. The first-order chi connectivity index (χ1) is 14.9. The fourth-order valence-corrected chi connectivity index (χ4v) is 3.02. The summed E-state index contributed by atoms with van der Waals surface area (Å²) in [4.78, 5) is 12.7. The number of hydrogen-bond donors (Lipinski definition) is 1. The predicted molar refractivity (Wildman–Crippen MR) is 119 cm³/mol. The highest BCUT2D eigenvalue weighted by atomic mass is 35.5. The third-order valence-electron chi connectivity index (χ3n) is 4.55. The summed E-state index contributed by atoms with van der Waals surface area (Å²) in [6.45, 7) is 5.48. The molecule has 0 bridgehead atoms. The van der Waals surface area contributed by atoms with Crippen LogP contribution >= 0.6 is 11.6 Å². The summed E-state index contributed by atoms with van der Waals surface area (Å²) in [5.74, 6) is 0.465. The van der Waals surface area contributed by atoms with Gasteiger partial charge in [0.15, 0.2) is 5.82 Å². The van der Waals surface area contributed by atoms with E-state index in [0.29, 0.717) is 22.2 Å². The van der Waals surface area contributed by atoms with E-state index in [-0.39, 0.29) is 5.69 Å². The van der Waals surface area contributed by atoms with Crippen molar-refractivity contribution in [2.45, 2.75) is 20.8 Å². The first-order valence-corrected chi connectivity index (χ1v) is 9.82. The molecule has 0 aliphatic rings. The van der Waals surface area contributed by atoms with E-state index >= 15 is 0 Å². The molecule has 0 amide bonds. The maximum absolute atomic E-state index is 12.7. The Morgan fingerprint density at radius 2 is 1.71 bits per heavy atom. The number of nitrogens with one attached hydrogen (secondary N) is 1. The molecule has 2 heterocycles. The van der Waals surface area contributed by atoms with Gasteiger partial charge in [-0.2, -0.15) is 24.7 Å². The van der Waals surface area contributed by atoms with Crippen molar-refractivity contribution in [1.82, 2.24) is 24.7 Å². The molecule has 0 spiro atoms. The van der Waals surface area contributed by atoms with Crippen molar-refractivity contribution in [2.24, 2.45) is 15.3 Å². The molecule has 9 nitrogen and oxygen atoms in total. The summed E-state index contributed by atoms with van der Waals surface area (Å²) in [7, 11) is 0. The van der Waals surface area contributed by atoms with Gasteiger partial charge in [0.05, 0.1) is 29.0 Å². The van der Waals surface area contributed by atoms with Gasteiger partial charge in [0.25, 0.3) is 0 Å². The Balaban J connectivity index is 1.53. The second-order valence-electron chi connectivity index (χ2n) is 6.85. The molecule has 0 atom stereocenters. The van der Waals surface area contributed by atoms with Crippen LogP contribution in [0.5, 0.6) is 0 Å². The van der Waals surface area contributed by atoms with Crippen molar-refractivity contribution in [3.05, 3.63) is 86.8 Å². The van der Waals surface area contributed by atoms with Crippen LogP contribution < -0.4 is 5.69 Å². The first kappa shape index (κ1) is 20.4. The average molecular weight is 435 g/mol. The molecular formula is C21H19ClN8O. The molecule has 0 aliphatic heterocycles. The third kappa shape index (κ3) is 4.36. The Labute approximate surface area is 182 Å². The van der Waals surface area contributed by atoms with E-state index in [1.807, 2.05) is 38.1 Å². The Kier molecular flexibility index (Phi) is 5.59. The number of aryl methyl sites for hydroxylation is 3. The highest BCUT2D eigenvalue weighted by Crippen LogP contribution is 2.23. The van der Waals surface area contributed by atoms with Crippen LogP contribution in [0.15, 0.2) is 68.7 Å². The van der Waals surface area contributed by atoms with Gasteiger partial charge in [-0.05, 0) is 62.7 Å². The number of H-pyrrole nitrogens is 1. The molecule has 2 aromatic carbocycles. The predicted octanol–water partition coefficient (Wildman–Crippen LogP) is 4.63. The second-order valence-corrected chi connectivity index (χ2v) is 7.28. The van der Waals surface area contributed by atoms with Gasteiger partial charge in [-0.3, -0.25) is 5.10 Å². The summed E-state index contributed by atoms with van der Waals surface area (Å²) in [6.07, 6.45) is 1.59. The van der Waals surface area contributed by atoms with Crippen LogP contribution in [0.25, 0.3) is 5.69 Å². The second kappa shape index (κ2) is 8.49. The van der Waals surface area contributed by atoms with Crippen LogP contribution in [-0.4, -0.2) is 30.9 Å². The van der Waals surface area contributed by atoms with E-state index in [4.69, 9.17) is 11.6 Å². The van der Waals surface area contributed by atoms with Crippen molar-refractivity contribution in [3.63, 3.8) is 0 Å². The summed E-state index contributed by atoms with van der Waals surface area (Å²) in [5, 5.41) is 24.6. The fraction of sp³-hybridized carbons (Fsp3) is 0.143. The van der Waals surface area contributed by atoms with Gasteiger partial charge in [0.2, 0.25) is 0 Å². The Morgan fingerprint density at radius 3 is 2.35 bits per heavy atom. The first-order valence-electron chi connectivity index (χ1n) is 9.45. The Hall–Kier alpha value is -3.85. The van der Waals surface area contributed by atoms with Crippen molar-refractivity contribution in [3.8, 4) is 5.69 Å². The molecule has 0 radical (unpaired) electrons. The quantitative estimate of drug-likeness (QED) is 0.365. The molecule has 0 aliphatic carbocycles. The number of benzene rings is 2. The highest BCUT2D eigenvalue weighted by molar-refractivity contribution is 6.30. The van der Waals surface area contributed by atoms with E-state index in [1.54, 1.807) is 37.4 Å². The van der Waals surface area contributed by atoms with Gasteiger partial charge in [-0.1, -0.05) is 23.7 Å². The molecule has 0 fully saturated rings. The summed E-state index contributed by atoms with van der Waals surface area (Å²) in [5.41, 5.74) is 4.14. The van der Waals surface area contributed by atoms with Crippen molar-refractivity contribution in [2.75, 3.05) is 0 Å². The third-order valence-corrected chi connectivity index (χ3v) is 4.81. The molecule has 0 unspecified atom stereocenters. The van der Waals surface area contributed by atoms with E-state index in [1.165, 1.54) is 9.36 Å². The maximum Gasteiger partial charge on any atom is 0.371 e. The van der Waals surface area contributed by atoms with Crippen LogP contribution in [0.2, 0.25) is 5.02 Å². The van der Waals surface area contributed by atoms with Gasteiger partial charge < -0.3 is 0 Å². The topological polar surface area (TPSA) is 106 Å². The van der Waals surface area contributed by atoms with Crippen LogP contribution in [0.3, 0.4) is 0 Å². The SMILES string of the molecule is Cc1n[nH]c(C)c1N=Nc1ccc(/C=N/n2c(C)nn(-c3ccc(Cl)cc3)c2=O)cc1. The van der Waals surface area contributed by atoms with Gasteiger partial charge in [0, 0.05) is 5.02 Å². The van der Waals surface area contributed by atoms with Gasteiger partial charge in [-0.15, -0.1) is 10.2 Å². The number of aromatic amines is 1. The highest BCUT2D eigenvalue weighted by Gasteiger charge is 2.10. The molecule has 4 aromatic rings. The average Bonchev–Trinajstić information content (AvgIpc) is 3.24. The lowest BCUT2D eigenvalue weighted by atomic mass is 10.2. The molecule has 1 N–H and O–H groups in total. The van der Waals surface area contributed by atoms with Crippen LogP contribution in [0.4, 0.5) is 11.4 Å². The lowest BCUT2D eigenvalue weighted by molar-refractivity contribution is 0.778. The number of halogens is 1. The van der Waals surface area contributed by atoms with E-state index in [9.17, 15) is 4.79 Å². The van der Waals surface area contributed by atoms with Crippen LogP contribution in [0.1, 0.15) is 22.8 Å². The number of aromatic nitrogens is 5. The zero-order chi connectivity index (χ0) is 22.0. The Bertz CT molecular complexity index is 1310. The molecule has 0 saturated heterocycles. The molecule has 31 heavy (non-hydrogen) atoms. The van der Waals surface area contributed by atoms with Crippen molar-refractivity contribution < 1.29 is 0 Å². The smallest absolute Gasteiger partial charge is 0.280 e. The lowest BCUT2D eigenvalue weighted by Gasteiger charge is -1.98. The largest absolute Gasteiger partial charge is 0.371 e. The molecule has 4 rings (SSSR count). The molecule has 156 valence electrons. The van der Waals surface area contributed by atoms with E-state index < -0.39 is 0 Å². The van der Waals surface area contributed by atoms with Gasteiger partial charge >= 0.3 is 5.69 Å².